The molecule has 0 radical (unpaired) electrons. The van der Waals surface area contributed by atoms with Crippen molar-refractivity contribution in [1.29, 1.82) is 0 Å². The largest absolute Gasteiger partial charge is 0.481 e. The number of amides is 4. The van der Waals surface area contributed by atoms with Gasteiger partial charge in [-0.1, -0.05) is 84.0 Å². The Morgan fingerprint density at radius 3 is 1.23 bits per heavy atom. The number of rotatable bonds is 50. The number of Topliss-reactive ketones (excluding diaryl/α,β-unsaturated/α-hetero) is 1. The van der Waals surface area contributed by atoms with E-state index in [1.165, 1.54) is 25.7 Å². The number of nitrogens with one attached hydrogen (secondary N) is 5. The highest BCUT2D eigenvalue weighted by atomic mass is 16.5. The molecular formula is C47H83N5O18. The molecule has 0 bridgehead atoms. The number of aliphatic carboxylic acids is 4. The van der Waals surface area contributed by atoms with Crippen molar-refractivity contribution in [2.45, 2.75) is 179 Å². The van der Waals surface area contributed by atoms with E-state index in [4.69, 9.17) is 24.1 Å². The summed E-state index contributed by atoms with van der Waals surface area (Å²) in [6.45, 7) is 3.67. The molecule has 4 atom stereocenters. The Labute approximate surface area is 411 Å². The zero-order valence-electron chi connectivity index (χ0n) is 41.2. The summed E-state index contributed by atoms with van der Waals surface area (Å²) in [5.41, 5.74) is 0. The highest BCUT2D eigenvalue weighted by molar-refractivity contribution is 5.87. The van der Waals surface area contributed by atoms with Gasteiger partial charge in [-0.15, -0.1) is 0 Å². The fourth-order valence-corrected chi connectivity index (χ4v) is 6.71. The maximum absolute atomic E-state index is 12.6. The molecule has 23 nitrogen and oxygen atoms in total. The summed E-state index contributed by atoms with van der Waals surface area (Å²) >= 11 is 0. The number of aliphatic hydroxyl groups excluding tert-OH is 1. The summed E-state index contributed by atoms with van der Waals surface area (Å²) in [6.07, 6.45) is 11.9. The molecule has 1 unspecified atom stereocenters. The third-order valence-corrected chi connectivity index (χ3v) is 10.8. The average Bonchev–Trinajstić information content (AvgIpc) is 3.31. The molecule has 70 heavy (non-hydrogen) atoms. The monoisotopic (exact) mass is 1010 g/mol. The molecule has 404 valence electrons. The minimum absolute atomic E-state index is 0.00598. The van der Waals surface area contributed by atoms with Gasteiger partial charge in [-0.25, -0.2) is 14.4 Å². The van der Waals surface area contributed by atoms with Crippen LogP contribution in [0.1, 0.15) is 155 Å². The Kier molecular flexibility index (Phi) is 41.1. The molecule has 0 saturated carbocycles. The standard InChI is InChI=1S/C47H83N5O18/c1-2-35(53)33-69-31-29-68-28-26-49-43(58)34-70-32-30-67-27-25-48-39(54)22-19-36(45(61)62)51-41(56)24-21-38(47(65)66)52-42(57)23-20-37(46(63)64)50-40(55)17-15-13-11-9-7-5-3-4-6-8-10-12-14-16-18-44(59)60/h36-38,43,49,58H,2-34H2,1H3,(H,48,54)(H,50,55)(H,51,56)(H,52,57)(H,59,60)(H,61,62)(H,63,64)(H,65,66)/t36-,37-,38-,43?/m0/s1. The van der Waals surface area contributed by atoms with Crippen LogP contribution in [0, 0.1) is 0 Å². The van der Waals surface area contributed by atoms with Gasteiger partial charge in [0.05, 0.1) is 46.2 Å². The molecular weight excluding hydrogens is 923 g/mol. The molecule has 0 heterocycles. The van der Waals surface area contributed by atoms with Crippen LogP contribution < -0.4 is 26.6 Å². The van der Waals surface area contributed by atoms with E-state index in [0.717, 1.165) is 57.8 Å². The van der Waals surface area contributed by atoms with E-state index < -0.39 is 91.1 Å². The third kappa shape index (κ3) is 41.0. The zero-order valence-corrected chi connectivity index (χ0v) is 41.2. The van der Waals surface area contributed by atoms with Crippen molar-refractivity contribution in [2.24, 2.45) is 0 Å². The third-order valence-electron chi connectivity index (χ3n) is 10.8. The van der Waals surface area contributed by atoms with Crippen molar-refractivity contribution in [3.05, 3.63) is 0 Å². The number of carbonyl (C=O) groups is 9. The first kappa shape index (κ1) is 65.2. The van der Waals surface area contributed by atoms with E-state index >= 15 is 0 Å². The van der Waals surface area contributed by atoms with Gasteiger partial charge >= 0.3 is 23.9 Å². The highest BCUT2D eigenvalue weighted by Gasteiger charge is 2.26. The molecule has 0 rings (SSSR count). The van der Waals surface area contributed by atoms with Crippen LogP contribution in [0.15, 0.2) is 0 Å². The van der Waals surface area contributed by atoms with E-state index in [2.05, 4.69) is 26.6 Å². The topological polar surface area (TPSA) is 352 Å². The number of ketones is 1. The Balaban J connectivity index is 4.23. The molecule has 4 amide bonds. The van der Waals surface area contributed by atoms with E-state index in [1.54, 1.807) is 6.92 Å². The average molecular weight is 1010 g/mol. The Bertz CT molecular complexity index is 1500. The normalized spacial score (nSPS) is 12.8. The number of unbranched alkanes of at least 4 members (excludes halogenated alkanes) is 13. The van der Waals surface area contributed by atoms with Crippen LogP contribution in [0.3, 0.4) is 0 Å². The van der Waals surface area contributed by atoms with Gasteiger partial charge in [0.1, 0.15) is 31.0 Å². The van der Waals surface area contributed by atoms with E-state index in [9.17, 15) is 63.6 Å². The molecule has 23 heteroatoms. The summed E-state index contributed by atoms with van der Waals surface area (Å²) in [4.78, 5) is 107. The lowest BCUT2D eigenvalue weighted by atomic mass is 10.0. The molecule has 0 saturated heterocycles. The lowest BCUT2D eigenvalue weighted by Crippen LogP contribution is -2.45. The van der Waals surface area contributed by atoms with Crippen molar-refractivity contribution in [3.8, 4) is 0 Å². The number of hydrogen-bond donors (Lipinski definition) is 10. The summed E-state index contributed by atoms with van der Waals surface area (Å²) < 4.78 is 21.2. The maximum Gasteiger partial charge on any atom is 0.326 e. The van der Waals surface area contributed by atoms with Gasteiger partial charge in [0.15, 0.2) is 5.78 Å². The first-order chi connectivity index (χ1) is 33.5. The fraction of sp³-hybridized carbons (Fsp3) is 0.809. The second-order valence-corrected chi connectivity index (χ2v) is 16.9. The van der Waals surface area contributed by atoms with Crippen LogP contribution in [-0.4, -0.2) is 169 Å². The number of carbonyl (C=O) groups excluding carboxylic acids is 5. The summed E-state index contributed by atoms with van der Waals surface area (Å²) in [7, 11) is 0. The molecule has 0 aliphatic heterocycles. The second kappa shape index (κ2) is 44.2. The van der Waals surface area contributed by atoms with Gasteiger partial charge in [-0.2, -0.15) is 0 Å². The number of aliphatic hydroxyl groups is 1. The predicted octanol–water partition coefficient (Wildman–Crippen LogP) is 2.43. The van der Waals surface area contributed by atoms with Crippen LogP contribution in [0.2, 0.25) is 0 Å². The van der Waals surface area contributed by atoms with E-state index in [-0.39, 0.29) is 77.5 Å². The molecule has 0 aromatic rings. The summed E-state index contributed by atoms with van der Waals surface area (Å²) in [5, 5.41) is 59.6. The maximum atomic E-state index is 12.6. The zero-order chi connectivity index (χ0) is 52.2. The molecule has 0 aromatic heterocycles. The van der Waals surface area contributed by atoms with Crippen LogP contribution in [0.4, 0.5) is 0 Å². The van der Waals surface area contributed by atoms with Gasteiger partial charge in [0.2, 0.25) is 23.6 Å². The van der Waals surface area contributed by atoms with E-state index in [1.807, 2.05) is 0 Å². The quantitative estimate of drug-likeness (QED) is 0.0309. The van der Waals surface area contributed by atoms with Gasteiger partial charge in [0, 0.05) is 51.6 Å². The number of carboxylic acid groups (broad SMARTS) is 4. The lowest BCUT2D eigenvalue weighted by Gasteiger charge is -2.18. The molecule has 0 aliphatic carbocycles. The van der Waals surface area contributed by atoms with Crippen molar-refractivity contribution in [3.63, 3.8) is 0 Å². The minimum Gasteiger partial charge on any atom is -0.481 e. The minimum atomic E-state index is -1.56. The predicted molar refractivity (Wildman–Crippen MR) is 254 cm³/mol. The fourth-order valence-electron chi connectivity index (χ4n) is 6.71. The SMILES string of the molecule is CCC(=O)COCCOCCNC(O)COCCOCCNC(=O)CC[C@H](NC(=O)CC[C@H](NC(=O)CC[C@H](NC(=O)CCCCCCCCCCCCCCCCC(=O)O)C(=O)O)C(=O)O)C(=O)O. The first-order valence-electron chi connectivity index (χ1n) is 24.8. The lowest BCUT2D eigenvalue weighted by molar-refractivity contribution is -0.144. The number of hydrogen-bond acceptors (Lipinski definition) is 15. The van der Waals surface area contributed by atoms with Crippen LogP contribution in [0.25, 0.3) is 0 Å². The Morgan fingerprint density at radius 2 is 0.800 bits per heavy atom. The first-order valence-corrected chi connectivity index (χ1v) is 24.8. The van der Waals surface area contributed by atoms with Crippen molar-refractivity contribution in [2.75, 3.05) is 65.9 Å². The van der Waals surface area contributed by atoms with Gasteiger partial charge < -0.3 is 65.7 Å². The molecule has 10 N–H and O–H groups in total. The number of ether oxygens (including phenoxy) is 4. The van der Waals surface area contributed by atoms with Crippen molar-refractivity contribution >= 4 is 53.3 Å². The van der Waals surface area contributed by atoms with Gasteiger partial charge in [-0.3, -0.25) is 34.1 Å². The van der Waals surface area contributed by atoms with Crippen molar-refractivity contribution < 1.29 is 87.6 Å². The van der Waals surface area contributed by atoms with Gasteiger partial charge in [0.25, 0.3) is 0 Å². The Morgan fingerprint density at radius 1 is 0.429 bits per heavy atom. The second-order valence-electron chi connectivity index (χ2n) is 16.9. The highest BCUT2D eigenvalue weighted by Crippen LogP contribution is 2.14. The van der Waals surface area contributed by atoms with Crippen molar-refractivity contribution in [1.82, 2.24) is 26.6 Å². The van der Waals surface area contributed by atoms with Crippen LogP contribution in [-0.2, 0) is 62.1 Å². The Hall–Kier alpha value is -4.81. The smallest absolute Gasteiger partial charge is 0.326 e. The van der Waals surface area contributed by atoms with Crippen LogP contribution >= 0.6 is 0 Å². The number of carboxylic acids is 4. The summed E-state index contributed by atoms with van der Waals surface area (Å²) in [5.74, 6) is -7.62. The molecule has 0 spiro atoms. The summed E-state index contributed by atoms with van der Waals surface area (Å²) in [6, 6.07) is -4.40. The molecule has 0 aromatic carbocycles. The molecule has 0 fully saturated rings. The van der Waals surface area contributed by atoms with Crippen LogP contribution in [0.5, 0.6) is 0 Å². The van der Waals surface area contributed by atoms with E-state index in [0.29, 0.717) is 39.2 Å². The van der Waals surface area contributed by atoms with Gasteiger partial charge in [-0.05, 0) is 32.1 Å². The molecule has 0 aliphatic rings.